The third kappa shape index (κ3) is 2.43. The number of rotatable bonds is 3. The maximum atomic E-state index is 11.5. The molecule has 0 aliphatic carbocycles. The van der Waals surface area contributed by atoms with Gasteiger partial charge in [0.05, 0.1) is 12.7 Å². The zero-order chi connectivity index (χ0) is 11.4. The molecular weight excluding hydrogens is 192 g/mol. The van der Waals surface area contributed by atoms with Crippen molar-refractivity contribution in [2.75, 3.05) is 7.11 Å². The minimum atomic E-state index is -0.381. The topological polar surface area (TPSA) is 43.4 Å². The molecule has 3 heteroatoms. The number of hydrogen-bond acceptors (Lipinski definition) is 3. The van der Waals surface area contributed by atoms with Gasteiger partial charge >= 0.3 is 5.97 Å². The summed E-state index contributed by atoms with van der Waals surface area (Å²) >= 11 is 0. The molecule has 0 heterocycles. The number of benzene rings is 1. The molecule has 0 radical (unpaired) electrons. The van der Waals surface area contributed by atoms with Crippen LogP contribution in [0.15, 0.2) is 18.2 Å². The fraction of sp³-hybridized carbons (Fsp3) is 0.333. The van der Waals surface area contributed by atoms with E-state index in [4.69, 9.17) is 0 Å². The van der Waals surface area contributed by atoms with Crippen LogP contribution >= 0.6 is 0 Å². The quantitative estimate of drug-likeness (QED) is 0.563. The van der Waals surface area contributed by atoms with E-state index in [1.165, 1.54) is 7.11 Å². The molecule has 1 rings (SSSR count). The maximum absolute atomic E-state index is 11.5. The molecule has 0 saturated carbocycles. The minimum Gasteiger partial charge on any atom is -0.465 e. The van der Waals surface area contributed by atoms with Crippen molar-refractivity contribution in [3.05, 3.63) is 34.9 Å². The lowest BCUT2D eigenvalue weighted by Gasteiger charge is -2.05. The highest BCUT2D eigenvalue weighted by Gasteiger charge is 2.10. The van der Waals surface area contributed by atoms with Gasteiger partial charge in [0.1, 0.15) is 0 Å². The standard InChI is InChI=1S/C12H14O3/c1-4-11(13)10-6-5-9(7-8(10)2)12(14)15-3/h5-7H,4H2,1-3H3. The highest BCUT2D eigenvalue weighted by molar-refractivity contribution is 5.98. The predicted octanol–water partition coefficient (Wildman–Crippen LogP) is 2.37. The third-order valence-corrected chi connectivity index (χ3v) is 2.27. The first-order valence-electron chi connectivity index (χ1n) is 4.82. The number of hydrogen-bond donors (Lipinski definition) is 0. The van der Waals surface area contributed by atoms with Crippen LogP contribution in [0.1, 0.15) is 39.6 Å². The first-order valence-corrected chi connectivity index (χ1v) is 4.82. The van der Waals surface area contributed by atoms with Gasteiger partial charge in [-0.2, -0.15) is 0 Å². The van der Waals surface area contributed by atoms with Crippen LogP contribution in [0.5, 0.6) is 0 Å². The van der Waals surface area contributed by atoms with Crippen molar-refractivity contribution in [2.24, 2.45) is 0 Å². The maximum Gasteiger partial charge on any atom is 0.337 e. The highest BCUT2D eigenvalue weighted by Crippen LogP contribution is 2.13. The number of aryl methyl sites for hydroxylation is 1. The summed E-state index contributed by atoms with van der Waals surface area (Å²) in [6.07, 6.45) is 0.471. The molecule has 1 aromatic rings. The Labute approximate surface area is 89.1 Å². The average molecular weight is 206 g/mol. The van der Waals surface area contributed by atoms with Gasteiger partial charge in [0, 0.05) is 12.0 Å². The molecule has 0 bridgehead atoms. The van der Waals surface area contributed by atoms with Crippen LogP contribution < -0.4 is 0 Å². The van der Waals surface area contributed by atoms with Gasteiger partial charge in [-0.15, -0.1) is 0 Å². The zero-order valence-electron chi connectivity index (χ0n) is 9.16. The average Bonchev–Trinajstić information content (AvgIpc) is 2.26. The number of ether oxygens (including phenoxy) is 1. The SMILES string of the molecule is CCC(=O)c1ccc(C(=O)OC)cc1C. The van der Waals surface area contributed by atoms with E-state index in [-0.39, 0.29) is 11.8 Å². The summed E-state index contributed by atoms with van der Waals surface area (Å²) in [5, 5.41) is 0. The van der Waals surface area contributed by atoms with E-state index >= 15 is 0 Å². The molecule has 0 spiro atoms. The summed E-state index contributed by atoms with van der Waals surface area (Å²) in [6.45, 7) is 3.63. The molecule has 15 heavy (non-hydrogen) atoms. The van der Waals surface area contributed by atoms with Crippen LogP contribution in [0, 0.1) is 6.92 Å². The van der Waals surface area contributed by atoms with Crippen molar-refractivity contribution in [3.63, 3.8) is 0 Å². The van der Waals surface area contributed by atoms with Gasteiger partial charge < -0.3 is 4.74 Å². The Balaban J connectivity index is 3.08. The van der Waals surface area contributed by atoms with Gasteiger partial charge in [-0.05, 0) is 24.6 Å². The highest BCUT2D eigenvalue weighted by atomic mass is 16.5. The fourth-order valence-corrected chi connectivity index (χ4v) is 1.41. The van der Waals surface area contributed by atoms with E-state index in [1.807, 2.05) is 13.8 Å². The van der Waals surface area contributed by atoms with Crippen LogP contribution in [0.2, 0.25) is 0 Å². The molecule has 0 unspecified atom stereocenters. The number of carbonyl (C=O) groups excluding carboxylic acids is 2. The second-order valence-electron chi connectivity index (χ2n) is 3.30. The van der Waals surface area contributed by atoms with Crippen LogP contribution in [0.4, 0.5) is 0 Å². The summed E-state index contributed by atoms with van der Waals surface area (Å²) in [4.78, 5) is 22.7. The molecule has 0 amide bonds. The summed E-state index contributed by atoms with van der Waals surface area (Å²) in [7, 11) is 1.34. The number of carbonyl (C=O) groups is 2. The third-order valence-electron chi connectivity index (χ3n) is 2.27. The lowest BCUT2D eigenvalue weighted by atomic mass is 10.0. The Hall–Kier alpha value is -1.64. The van der Waals surface area contributed by atoms with Crippen molar-refractivity contribution in [1.29, 1.82) is 0 Å². The van der Waals surface area contributed by atoms with Gasteiger partial charge in [-0.3, -0.25) is 4.79 Å². The second-order valence-corrected chi connectivity index (χ2v) is 3.30. The largest absolute Gasteiger partial charge is 0.465 e. The Morgan fingerprint density at radius 3 is 2.47 bits per heavy atom. The number of Topliss-reactive ketones (excluding diaryl/α,β-unsaturated/α-hetero) is 1. The molecule has 1 aromatic carbocycles. The monoisotopic (exact) mass is 206 g/mol. The van der Waals surface area contributed by atoms with Crippen molar-refractivity contribution < 1.29 is 14.3 Å². The van der Waals surface area contributed by atoms with Crippen LogP contribution in [-0.2, 0) is 4.74 Å². The van der Waals surface area contributed by atoms with Crippen molar-refractivity contribution >= 4 is 11.8 Å². The summed E-state index contributed by atoms with van der Waals surface area (Å²) in [5.41, 5.74) is 1.96. The van der Waals surface area contributed by atoms with Crippen LogP contribution in [0.3, 0.4) is 0 Å². The Morgan fingerprint density at radius 1 is 1.33 bits per heavy atom. The van der Waals surface area contributed by atoms with Gasteiger partial charge in [0.15, 0.2) is 5.78 Å². The van der Waals surface area contributed by atoms with E-state index < -0.39 is 0 Å². The molecule has 0 aliphatic rings. The second kappa shape index (κ2) is 4.73. The Morgan fingerprint density at radius 2 is 2.00 bits per heavy atom. The molecule has 80 valence electrons. The fourth-order valence-electron chi connectivity index (χ4n) is 1.41. The van der Waals surface area contributed by atoms with E-state index in [0.717, 1.165) is 5.56 Å². The van der Waals surface area contributed by atoms with Crippen molar-refractivity contribution in [3.8, 4) is 0 Å². The number of esters is 1. The van der Waals surface area contributed by atoms with E-state index in [2.05, 4.69) is 4.74 Å². The van der Waals surface area contributed by atoms with E-state index in [9.17, 15) is 9.59 Å². The predicted molar refractivity (Wildman–Crippen MR) is 57.1 cm³/mol. The first-order chi connectivity index (χ1) is 7.10. The van der Waals surface area contributed by atoms with Crippen molar-refractivity contribution in [2.45, 2.75) is 20.3 Å². The van der Waals surface area contributed by atoms with Gasteiger partial charge in [-0.1, -0.05) is 13.0 Å². The first kappa shape index (κ1) is 11.4. The molecule has 0 saturated heterocycles. The zero-order valence-corrected chi connectivity index (χ0v) is 9.16. The lowest BCUT2D eigenvalue weighted by molar-refractivity contribution is 0.0600. The van der Waals surface area contributed by atoms with E-state index in [1.54, 1.807) is 18.2 Å². The summed E-state index contributed by atoms with van der Waals surface area (Å²) in [6, 6.07) is 4.96. The summed E-state index contributed by atoms with van der Waals surface area (Å²) in [5.74, 6) is -0.294. The number of ketones is 1. The molecule has 3 nitrogen and oxygen atoms in total. The lowest BCUT2D eigenvalue weighted by Crippen LogP contribution is -2.05. The summed E-state index contributed by atoms with van der Waals surface area (Å²) < 4.78 is 4.59. The minimum absolute atomic E-state index is 0.0870. The molecular formula is C12H14O3. The van der Waals surface area contributed by atoms with E-state index in [0.29, 0.717) is 17.5 Å². The Bertz CT molecular complexity index is 394. The molecule has 0 atom stereocenters. The van der Waals surface area contributed by atoms with Gasteiger partial charge in [0.25, 0.3) is 0 Å². The molecule has 0 fully saturated rings. The normalized spacial score (nSPS) is 9.80. The molecule has 0 aromatic heterocycles. The van der Waals surface area contributed by atoms with Crippen LogP contribution in [-0.4, -0.2) is 18.9 Å². The Kier molecular flexibility index (Phi) is 3.61. The van der Waals surface area contributed by atoms with Crippen LogP contribution in [0.25, 0.3) is 0 Å². The smallest absolute Gasteiger partial charge is 0.337 e. The molecule has 0 aliphatic heterocycles. The van der Waals surface area contributed by atoms with Gasteiger partial charge in [-0.25, -0.2) is 4.79 Å². The molecule has 0 N–H and O–H groups in total. The van der Waals surface area contributed by atoms with Crippen molar-refractivity contribution in [1.82, 2.24) is 0 Å². The van der Waals surface area contributed by atoms with Gasteiger partial charge in [0.2, 0.25) is 0 Å². The number of methoxy groups -OCH3 is 1.